The van der Waals surface area contributed by atoms with Crippen molar-refractivity contribution >= 4 is 22.5 Å². The highest BCUT2D eigenvalue weighted by atomic mass is 19.1. The maximum absolute atomic E-state index is 14.1. The zero-order chi connectivity index (χ0) is 29.8. The number of guanidine groups is 1. The molecule has 0 unspecified atom stereocenters. The van der Waals surface area contributed by atoms with Gasteiger partial charge in [-0.2, -0.15) is 0 Å². The average molecular weight is 577 g/mol. The van der Waals surface area contributed by atoms with Gasteiger partial charge in [0.25, 0.3) is 5.56 Å². The molecule has 1 aliphatic heterocycles. The number of piperazine rings is 1. The van der Waals surface area contributed by atoms with E-state index in [0.29, 0.717) is 45.8 Å². The molecular formula is C33H42F2N6O. The summed E-state index contributed by atoms with van der Waals surface area (Å²) in [7, 11) is 0. The molecule has 7 nitrogen and oxygen atoms in total. The number of nitrogens with zero attached hydrogens (tertiary/aromatic N) is 4. The van der Waals surface area contributed by atoms with Crippen molar-refractivity contribution in [3.05, 3.63) is 70.3 Å². The molecule has 9 heteroatoms. The smallest absolute Gasteiger partial charge is 0.261 e. The Labute approximate surface area is 246 Å². The van der Waals surface area contributed by atoms with E-state index in [4.69, 9.17) is 4.99 Å². The van der Waals surface area contributed by atoms with E-state index in [1.54, 1.807) is 6.07 Å². The van der Waals surface area contributed by atoms with Crippen LogP contribution in [0.15, 0.2) is 52.5 Å². The summed E-state index contributed by atoms with van der Waals surface area (Å²) < 4.78 is 28.8. The summed E-state index contributed by atoms with van der Waals surface area (Å²) in [6, 6.07) is 10.1. The lowest BCUT2D eigenvalue weighted by Crippen LogP contribution is -2.59. The highest BCUT2D eigenvalue weighted by Gasteiger charge is 2.56. The van der Waals surface area contributed by atoms with Crippen LogP contribution in [-0.4, -0.2) is 51.6 Å². The maximum atomic E-state index is 14.1. The third-order valence-corrected chi connectivity index (χ3v) is 10.2. The van der Waals surface area contributed by atoms with E-state index >= 15 is 0 Å². The molecule has 2 aromatic carbocycles. The van der Waals surface area contributed by atoms with Crippen molar-refractivity contribution in [3.63, 3.8) is 0 Å². The fourth-order valence-electron chi connectivity index (χ4n) is 7.63. The van der Waals surface area contributed by atoms with Gasteiger partial charge in [-0.1, -0.05) is 26.8 Å². The van der Waals surface area contributed by atoms with Crippen molar-refractivity contribution in [1.29, 1.82) is 0 Å². The molecule has 7 rings (SSSR count). The molecule has 4 fully saturated rings. The van der Waals surface area contributed by atoms with Crippen LogP contribution in [0.2, 0.25) is 0 Å². The van der Waals surface area contributed by atoms with E-state index in [2.05, 4.69) is 55.1 Å². The molecule has 0 spiro atoms. The minimum atomic E-state index is -0.617. The van der Waals surface area contributed by atoms with Crippen LogP contribution in [0, 0.1) is 34.8 Å². The molecule has 6 atom stereocenters. The second-order valence-electron chi connectivity index (χ2n) is 13.4. The molecular weight excluding hydrogens is 534 g/mol. The van der Waals surface area contributed by atoms with Crippen LogP contribution in [0.4, 0.5) is 14.5 Å². The van der Waals surface area contributed by atoms with E-state index in [1.165, 1.54) is 29.4 Å². The lowest BCUT2D eigenvalue weighted by molar-refractivity contribution is -0.108. The quantitative estimate of drug-likeness (QED) is 0.313. The van der Waals surface area contributed by atoms with Crippen LogP contribution in [0.25, 0.3) is 10.9 Å². The summed E-state index contributed by atoms with van der Waals surface area (Å²) >= 11 is 0. The molecule has 3 aliphatic carbocycles. The molecule has 0 radical (unpaired) electrons. The fraction of sp³-hybridized carbons (Fsp3) is 0.545. The molecule has 4 aliphatic rings. The van der Waals surface area contributed by atoms with Gasteiger partial charge >= 0.3 is 0 Å². The summed E-state index contributed by atoms with van der Waals surface area (Å²) in [6.45, 7) is 13.6. The first-order valence-electron chi connectivity index (χ1n) is 15.3. The molecule has 2 bridgehead atoms. The summed E-state index contributed by atoms with van der Waals surface area (Å²) in [5, 5.41) is 7.73. The Kier molecular flexibility index (Phi) is 7.58. The fourth-order valence-corrected chi connectivity index (χ4v) is 7.63. The summed E-state index contributed by atoms with van der Waals surface area (Å²) in [6.07, 6.45) is 4.20. The summed E-state index contributed by atoms with van der Waals surface area (Å²) in [4.78, 5) is 25.5. The number of benzene rings is 2. The Morgan fingerprint density at radius 1 is 1.10 bits per heavy atom. The lowest BCUT2D eigenvalue weighted by atomic mass is 9.45. The SMILES string of the molecule is C[C@@H]1[C@@H](N=C(Nc2ccc3c(=O)n(CCc4ccc(F)cc4F)cnc3c2)N2C[C@@H](C)N[C@@H](C)C2)C[C@@H]2C[C@H]1C2(C)C. The van der Waals surface area contributed by atoms with E-state index in [-0.39, 0.29) is 24.6 Å². The van der Waals surface area contributed by atoms with Crippen molar-refractivity contribution < 1.29 is 8.78 Å². The summed E-state index contributed by atoms with van der Waals surface area (Å²) in [5.74, 6) is 1.62. The van der Waals surface area contributed by atoms with Gasteiger partial charge in [0, 0.05) is 43.5 Å². The topological polar surface area (TPSA) is 74.5 Å². The van der Waals surface area contributed by atoms with E-state index in [9.17, 15) is 13.6 Å². The monoisotopic (exact) mass is 576 g/mol. The molecule has 3 saturated carbocycles. The zero-order valence-electron chi connectivity index (χ0n) is 25.2. The molecule has 2 heterocycles. The van der Waals surface area contributed by atoms with Crippen molar-refractivity contribution in [1.82, 2.24) is 19.8 Å². The van der Waals surface area contributed by atoms with Crippen LogP contribution in [0.3, 0.4) is 0 Å². The third-order valence-electron chi connectivity index (χ3n) is 10.2. The second-order valence-corrected chi connectivity index (χ2v) is 13.4. The molecule has 224 valence electrons. The number of hydrogen-bond acceptors (Lipinski definition) is 4. The van der Waals surface area contributed by atoms with Gasteiger partial charge in [0.1, 0.15) is 11.6 Å². The van der Waals surface area contributed by atoms with E-state index < -0.39 is 11.6 Å². The summed E-state index contributed by atoms with van der Waals surface area (Å²) in [5.41, 5.74) is 2.00. The van der Waals surface area contributed by atoms with Gasteiger partial charge < -0.3 is 15.5 Å². The van der Waals surface area contributed by atoms with Gasteiger partial charge in [0.2, 0.25) is 0 Å². The molecule has 2 N–H and O–H groups in total. The Hall–Kier alpha value is -3.33. The average Bonchev–Trinajstić information content (AvgIpc) is 2.93. The first kappa shape index (κ1) is 28.8. The van der Waals surface area contributed by atoms with Gasteiger partial charge in [-0.05, 0) is 86.1 Å². The largest absolute Gasteiger partial charge is 0.340 e. The van der Waals surface area contributed by atoms with Crippen LogP contribution in [-0.2, 0) is 13.0 Å². The van der Waals surface area contributed by atoms with Crippen LogP contribution < -0.4 is 16.2 Å². The van der Waals surface area contributed by atoms with Gasteiger partial charge in [0.15, 0.2) is 5.96 Å². The van der Waals surface area contributed by atoms with Crippen LogP contribution in [0.1, 0.15) is 53.0 Å². The molecule has 0 amide bonds. The number of rotatable bonds is 5. The number of anilines is 1. The first-order valence-corrected chi connectivity index (χ1v) is 15.3. The van der Waals surface area contributed by atoms with Crippen molar-refractivity contribution in [2.45, 2.75) is 78.6 Å². The second kappa shape index (κ2) is 11.1. The maximum Gasteiger partial charge on any atom is 0.261 e. The van der Waals surface area contributed by atoms with Gasteiger partial charge in [-0.3, -0.25) is 9.36 Å². The van der Waals surface area contributed by atoms with Gasteiger partial charge in [-0.15, -0.1) is 0 Å². The van der Waals surface area contributed by atoms with Gasteiger partial charge in [-0.25, -0.2) is 18.8 Å². The minimum absolute atomic E-state index is 0.189. The van der Waals surface area contributed by atoms with E-state index in [0.717, 1.165) is 43.1 Å². The van der Waals surface area contributed by atoms with E-state index in [1.807, 2.05) is 12.1 Å². The molecule has 1 saturated heterocycles. The number of nitrogens with one attached hydrogen (secondary N) is 2. The number of aliphatic imine (C=N–C) groups is 1. The Bertz CT molecular complexity index is 1560. The number of aryl methyl sites for hydroxylation is 2. The number of aromatic nitrogens is 2. The number of hydrogen-bond donors (Lipinski definition) is 2. The third kappa shape index (κ3) is 5.43. The molecule has 1 aromatic heterocycles. The van der Waals surface area contributed by atoms with Crippen LogP contribution >= 0.6 is 0 Å². The van der Waals surface area contributed by atoms with Crippen molar-refractivity contribution in [3.8, 4) is 0 Å². The molecule has 42 heavy (non-hydrogen) atoms. The minimum Gasteiger partial charge on any atom is -0.340 e. The lowest BCUT2D eigenvalue weighted by Gasteiger charge is -2.61. The van der Waals surface area contributed by atoms with Crippen molar-refractivity contribution in [2.24, 2.45) is 28.2 Å². The van der Waals surface area contributed by atoms with Gasteiger partial charge in [0.05, 0.1) is 23.3 Å². The Balaban J connectivity index is 1.24. The highest BCUT2D eigenvalue weighted by Crippen LogP contribution is 2.61. The predicted molar refractivity (Wildman–Crippen MR) is 164 cm³/mol. The first-order chi connectivity index (χ1) is 20.0. The van der Waals surface area contributed by atoms with Crippen LogP contribution in [0.5, 0.6) is 0 Å². The Morgan fingerprint density at radius 2 is 1.86 bits per heavy atom. The Morgan fingerprint density at radius 3 is 2.55 bits per heavy atom. The van der Waals surface area contributed by atoms with Crippen molar-refractivity contribution in [2.75, 3.05) is 18.4 Å². The molecule has 3 aromatic rings. The highest BCUT2D eigenvalue weighted by molar-refractivity contribution is 5.96. The number of halogens is 2. The zero-order valence-corrected chi connectivity index (χ0v) is 25.2. The predicted octanol–water partition coefficient (Wildman–Crippen LogP) is 5.44. The standard InChI is InChI=1S/C33H42F2N6O/c1-19-16-41(17-20(2)37-19)32(39-29-13-23-12-27(21(29)3)33(23,4)5)38-25-8-9-26-30(15-25)36-18-40(31(26)42)11-10-22-6-7-24(34)14-28(22)35/h6-9,14-15,18-21,23,27,29,37H,10-13,16-17H2,1-5H3,(H,38,39)/t19-,20+,21-,23-,27+,29-/m0/s1. The number of fused-ring (bicyclic) bond motifs is 3. The normalized spacial score (nSPS) is 28.9.